The molecule has 0 aromatic heterocycles. The van der Waals surface area contributed by atoms with Crippen LogP contribution in [0.2, 0.25) is 0 Å². The molecule has 0 aromatic rings. The lowest BCUT2D eigenvalue weighted by atomic mass is 10.2. The second-order valence-corrected chi connectivity index (χ2v) is 2.34. The highest BCUT2D eigenvalue weighted by Crippen LogP contribution is 2.02. The van der Waals surface area contributed by atoms with Crippen LogP contribution < -0.4 is 0 Å². The Labute approximate surface area is 62.2 Å². The van der Waals surface area contributed by atoms with Crippen LogP contribution in [0.4, 0.5) is 0 Å². The van der Waals surface area contributed by atoms with Crippen LogP contribution in [-0.2, 0) is 0 Å². The molecule has 10 heavy (non-hydrogen) atoms. The summed E-state index contributed by atoms with van der Waals surface area (Å²) in [4.78, 5) is 4.17. The van der Waals surface area contributed by atoms with Crippen LogP contribution in [0, 0.1) is 0 Å². The topological polar surface area (TPSA) is 12.4 Å². The van der Waals surface area contributed by atoms with E-state index < -0.39 is 0 Å². The number of allylic oxidation sites excluding steroid dienone is 3. The normalized spacial score (nSPS) is 17.9. The maximum Gasteiger partial charge on any atom is 0.0424 e. The quantitative estimate of drug-likeness (QED) is 0.551. The van der Waals surface area contributed by atoms with Crippen molar-refractivity contribution >= 4 is 6.21 Å². The maximum atomic E-state index is 4.17. The van der Waals surface area contributed by atoms with Crippen LogP contribution in [0.5, 0.6) is 0 Å². The van der Waals surface area contributed by atoms with Gasteiger partial charge in [-0.25, -0.2) is 0 Å². The van der Waals surface area contributed by atoms with E-state index in [0.29, 0.717) is 0 Å². The van der Waals surface area contributed by atoms with E-state index in [1.165, 1.54) is 5.57 Å². The number of rotatable bonds is 2. The molecule has 0 bridgehead atoms. The molecule has 0 spiro atoms. The Morgan fingerprint density at radius 1 is 1.70 bits per heavy atom. The van der Waals surface area contributed by atoms with Crippen LogP contribution >= 0.6 is 0 Å². The van der Waals surface area contributed by atoms with Crippen molar-refractivity contribution in [1.29, 1.82) is 0 Å². The molecule has 0 aliphatic carbocycles. The van der Waals surface area contributed by atoms with Gasteiger partial charge in [-0.1, -0.05) is 25.2 Å². The molecule has 0 amide bonds. The summed E-state index contributed by atoms with van der Waals surface area (Å²) >= 11 is 0. The average molecular weight is 135 g/mol. The van der Waals surface area contributed by atoms with Gasteiger partial charge >= 0.3 is 0 Å². The zero-order valence-corrected chi connectivity index (χ0v) is 6.38. The number of hydrogen-bond donors (Lipinski definition) is 0. The lowest BCUT2D eigenvalue weighted by Crippen LogP contribution is -1.90. The third-order valence-electron chi connectivity index (χ3n) is 1.42. The van der Waals surface area contributed by atoms with Crippen molar-refractivity contribution in [3.05, 3.63) is 23.8 Å². The molecule has 1 heterocycles. The molecule has 0 fully saturated rings. The lowest BCUT2D eigenvalue weighted by molar-refractivity contribution is 0.994. The van der Waals surface area contributed by atoms with E-state index in [1.54, 1.807) is 0 Å². The van der Waals surface area contributed by atoms with Gasteiger partial charge in [0.1, 0.15) is 0 Å². The highest BCUT2D eigenvalue weighted by atomic mass is 14.7. The molecule has 54 valence electrons. The Balaban J connectivity index is 2.47. The van der Waals surface area contributed by atoms with Crippen molar-refractivity contribution < 1.29 is 0 Å². The smallest absolute Gasteiger partial charge is 0.0424 e. The fourth-order valence-corrected chi connectivity index (χ4v) is 0.893. The molecule has 1 aliphatic rings. The highest BCUT2D eigenvalue weighted by molar-refractivity contribution is 5.82. The summed E-state index contributed by atoms with van der Waals surface area (Å²) in [7, 11) is 0. The van der Waals surface area contributed by atoms with Crippen LogP contribution in [0.3, 0.4) is 0 Å². The summed E-state index contributed by atoms with van der Waals surface area (Å²) in [6.45, 7) is 3.10. The van der Waals surface area contributed by atoms with Crippen molar-refractivity contribution in [1.82, 2.24) is 0 Å². The summed E-state index contributed by atoms with van der Waals surface area (Å²) < 4.78 is 0. The lowest BCUT2D eigenvalue weighted by Gasteiger charge is -1.99. The average Bonchev–Trinajstić information content (AvgIpc) is 2.03. The van der Waals surface area contributed by atoms with Crippen LogP contribution in [0.15, 0.2) is 28.8 Å². The van der Waals surface area contributed by atoms with E-state index >= 15 is 0 Å². The van der Waals surface area contributed by atoms with E-state index in [0.717, 1.165) is 19.4 Å². The summed E-state index contributed by atoms with van der Waals surface area (Å²) in [6, 6.07) is 0. The Hall–Kier alpha value is -0.850. The van der Waals surface area contributed by atoms with Gasteiger partial charge in [0.25, 0.3) is 0 Å². The second kappa shape index (κ2) is 4.04. The minimum absolute atomic E-state index is 0.962. The molecular formula is C9H13N. The molecule has 1 aliphatic heterocycles. The summed E-state index contributed by atoms with van der Waals surface area (Å²) in [6.07, 6.45) is 10.6. The molecule has 0 unspecified atom stereocenters. The molecule has 1 heteroatoms. The first kappa shape index (κ1) is 7.26. The Morgan fingerprint density at radius 2 is 2.60 bits per heavy atom. The van der Waals surface area contributed by atoms with E-state index in [4.69, 9.17) is 0 Å². The van der Waals surface area contributed by atoms with Gasteiger partial charge in [0.15, 0.2) is 0 Å². The number of aliphatic imine (C=N–C) groups is 1. The largest absolute Gasteiger partial charge is 0.292 e. The van der Waals surface area contributed by atoms with E-state index in [2.05, 4.69) is 30.1 Å². The maximum absolute atomic E-state index is 4.17. The van der Waals surface area contributed by atoms with Gasteiger partial charge in [-0.2, -0.15) is 0 Å². The second-order valence-electron chi connectivity index (χ2n) is 2.34. The fraction of sp³-hybridized carbons (Fsp3) is 0.444. The number of hydrogen-bond acceptors (Lipinski definition) is 1. The predicted molar refractivity (Wildman–Crippen MR) is 45.5 cm³/mol. The van der Waals surface area contributed by atoms with Crippen molar-refractivity contribution in [3.63, 3.8) is 0 Å². The monoisotopic (exact) mass is 135 g/mol. The van der Waals surface area contributed by atoms with Crippen LogP contribution in [0.1, 0.15) is 19.8 Å². The van der Waals surface area contributed by atoms with E-state index in [1.807, 2.05) is 6.21 Å². The minimum atomic E-state index is 0.962. The molecule has 0 radical (unpaired) electrons. The molecule has 0 atom stereocenters. The summed E-state index contributed by atoms with van der Waals surface area (Å²) in [5.41, 5.74) is 1.26. The first-order valence-corrected chi connectivity index (χ1v) is 3.80. The van der Waals surface area contributed by atoms with Gasteiger partial charge in [-0.05, 0) is 18.4 Å². The molecule has 0 saturated heterocycles. The summed E-state index contributed by atoms with van der Waals surface area (Å²) in [5.74, 6) is 0. The van der Waals surface area contributed by atoms with E-state index in [9.17, 15) is 0 Å². The number of dihydropyridines is 1. The zero-order valence-electron chi connectivity index (χ0n) is 6.38. The van der Waals surface area contributed by atoms with Crippen molar-refractivity contribution in [2.75, 3.05) is 6.54 Å². The highest BCUT2D eigenvalue weighted by Gasteiger charge is 1.91. The van der Waals surface area contributed by atoms with E-state index in [-0.39, 0.29) is 0 Å². The van der Waals surface area contributed by atoms with Gasteiger partial charge < -0.3 is 0 Å². The molecule has 0 aromatic carbocycles. The molecular weight excluding hydrogens is 122 g/mol. The molecule has 1 nitrogen and oxygen atoms in total. The van der Waals surface area contributed by atoms with Crippen LogP contribution in [-0.4, -0.2) is 12.8 Å². The third kappa shape index (κ3) is 2.18. The zero-order chi connectivity index (χ0) is 7.23. The van der Waals surface area contributed by atoms with Gasteiger partial charge in [0, 0.05) is 12.8 Å². The Morgan fingerprint density at radius 3 is 3.20 bits per heavy atom. The number of nitrogens with zero attached hydrogens (tertiary/aromatic N) is 1. The van der Waals surface area contributed by atoms with Gasteiger partial charge in [-0.3, -0.25) is 4.99 Å². The standard InChI is InChI=1S/C9H13N/c1-2-3-5-9-6-4-7-10-8-9/h3,5-6,8H,2,4,7H2,1H3/b5-3-. The fourth-order valence-electron chi connectivity index (χ4n) is 0.893. The van der Waals surface area contributed by atoms with Crippen molar-refractivity contribution in [3.8, 4) is 0 Å². The molecule has 0 N–H and O–H groups in total. The first-order chi connectivity index (χ1) is 4.93. The third-order valence-corrected chi connectivity index (χ3v) is 1.42. The predicted octanol–water partition coefficient (Wildman–Crippen LogP) is 2.35. The first-order valence-electron chi connectivity index (χ1n) is 3.80. The van der Waals surface area contributed by atoms with Gasteiger partial charge in [0.05, 0.1) is 0 Å². The molecule has 0 saturated carbocycles. The Bertz CT molecular complexity index is 175. The summed E-state index contributed by atoms with van der Waals surface area (Å²) in [5, 5.41) is 0. The van der Waals surface area contributed by atoms with Crippen molar-refractivity contribution in [2.45, 2.75) is 19.8 Å². The Kier molecular flexibility index (Phi) is 2.94. The molecule has 1 rings (SSSR count). The minimum Gasteiger partial charge on any atom is -0.292 e. The van der Waals surface area contributed by atoms with Gasteiger partial charge in [-0.15, -0.1) is 0 Å². The van der Waals surface area contributed by atoms with Gasteiger partial charge in [0.2, 0.25) is 0 Å². The van der Waals surface area contributed by atoms with Crippen molar-refractivity contribution in [2.24, 2.45) is 4.99 Å². The van der Waals surface area contributed by atoms with Crippen LogP contribution in [0.25, 0.3) is 0 Å². The SMILES string of the molecule is CC/C=C\C1=CCCN=C1.